The van der Waals surface area contributed by atoms with Gasteiger partial charge in [-0.15, -0.1) is 0 Å². The lowest BCUT2D eigenvalue weighted by atomic mass is 9.77. The lowest BCUT2D eigenvalue weighted by molar-refractivity contribution is -0.106. The van der Waals surface area contributed by atoms with E-state index >= 15 is 0 Å². The van der Waals surface area contributed by atoms with Crippen LogP contribution in [0.2, 0.25) is 0 Å². The Labute approximate surface area is 99.5 Å². The van der Waals surface area contributed by atoms with Crippen LogP contribution < -0.4 is 5.32 Å². The minimum Gasteiger partial charge on any atom is -0.374 e. The van der Waals surface area contributed by atoms with Crippen molar-refractivity contribution in [3.63, 3.8) is 0 Å². The molecule has 3 nitrogen and oxygen atoms in total. The maximum Gasteiger partial charge on any atom is 0.0695 e. The van der Waals surface area contributed by atoms with Gasteiger partial charge in [0.15, 0.2) is 0 Å². The van der Waals surface area contributed by atoms with E-state index in [1.807, 2.05) is 0 Å². The van der Waals surface area contributed by atoms with Gasteiger partial charge < -0.3 is 15.0 Å². The number of hydrogen-bond acceptors (Lipinski definition) is 3. The van der Waals surface area contributed by atoms with Crippen molar-refractivity contribution in [3.05, 3.63) is 0 Å². The van der Waals surface area contributed by atoms with Crippen molar-refractivity contribution in [1.82, 2.24) is 10.2 Å². The SMILES string of the molecule is CN(C)CCOC1(CCNC2CC2)CCC1. The second kappa shape index (κ2) is 5.48. The molecule has 3 heteroatoms. The number of ether oxygens (including phenoxy) is 1. The first-order valence-electron chi connectivity index (χ1n) is 6.72. The maximum absolute atomic E-state index is 6.10. The van der Waals surface area contributed by atoms with E-state index in [1.54, 1.807) is 0 Å². The van der Waals surface area contributed by atoms with Crippen LogP contribution in [-0.2, 0) is 4.74 Å². The molecule has 0 amide bonds. The van der Waals surface area contributed by atoms with Crippen LogP contribution in [0.1, 0.15) is 38.5 Å². The van der Waals surface area contributed by atoms with Gasteiger partial charge in [-0.2, -0.15) is 0 Å². The second-order valence-corrected chi connectivity index (χ2v) is 5.67. The average molecular weight is 226 g/mol. The molecule has 1 N–H and O–H groups in total. The molecule has 2 saturated carbocycles. The summed E-state index contributed by atoms with van der Waals surface area (Å²) in [5.41, 5.74) is 0.234. The van der Waals surface area contributed by atoms with Crippen LogP contribution in [-0.4, -0.2) is 50.3 Å². The van der Waals surface area contributed by atoms with Gasteiger partial charge in [-0.25, -0.2) is 0 Å². The minimum atomic E-state index is 0.234. The number of hydrogen-bond donors (Lipinski definition) is 1. The molecule has 0 bridgehead atoms. The smallest absolute Gasteiger partial charge is 0.0695 e. The molecule has 2 fully saturated rings. The van der Waals surface area contributed by atoms with Crippen molar-refractivity contribution in [2.45, 2.75) is 50.2 Å². The third kappa shape index (κ3) is 3.72. The van der Waals surface area contributed by atoms with Crippen LogP contribution >= 0.6 is 0 Å². The van der Waals surface area contributed by atoms with E-state index in [4.69, 9.17) is 4.74 Å². The highest BCUT2D eigenvalue weighted by Crippen LogP contribution is 2.38. The van der Waals surface area contributed by atoms with Crippen molar-refractivity contribution in [1.29, 1.82) is 0 Å². The molecule has 0 aromatic carbocycles. The van der Waals surface area contributed by atoms with E-state index in [9.17, 15) is 0 Å². The van der Waals surface area contributed by atoms with Crippen LogP contribution in [0.5, 0.6) is 0 Å². The van der Waals surface area contributed by atoms with E-state index in [0.29, 0.717) is 0 Å². The Hall–Kier alpha value is -0.120. The molecular weight excluding hydrogens is 200 g/mol. The standard InChI is InChI=1S/C13H26N2O/c1-15(2)10-11-16-13(6-3-7-13)8-9-14-12-4-5-12/h12,14H,3-11H2,1-2H3. The summed E-state index contributed by atoms with van der Waals surface area (Å²) in [5, 5.41) is 3.59. The quantitative estimate of drug-likeness (QED) is 0.681. The normalized spacial score (nSPS) is 23.4. The van der Waals surface area contributed by atoms with Gasteiger partial charge in [0.25, 0.3) is 0 Å². The van der Waals surface area contributed by atoms with E-state index in [-0.39, 0.29) is 5.60 Å². The summed E-state index contributed by atoms with van der Waals surface area (Å²) in [6.07, 6.45) is 7.87. The summed E-state index contributed by atoms with van der Waals surface area (Å²) in [6, 6.07) is 0.832. The van der Waals surface area contributed by atoms with Crippen LogP contribution in [0.4, 0.5) is 0 Å². The van der Waals surface area contributed by atoms with Gasteiger partial charge in [-0.1, -0.05) is 0 Å². The first kappa shape index (κ1) is 12.3. The monoisotopic (exact) mass is 226 g/mol. The molecule has 2 aliphatic carbocycles. The minimum absolute atomic E-state index is 0.234. The van der Waals surface area contributed by atoms with E-state index in [0.717, 1.165) is 25.7 Å². The highest BCUT2D eigenvalue weighted by Gasteiger charge is 2.37. The van der Waals surface area contributed by atoms with Crippen molar-refractivity contribution >= 4 is 0 Å². The predicted molar refractivity (Wildman–Crippen MR) is 66.7 cm³/mol. The molecule has 0 saturated heterocycles. The van der Waals surface area contributed by atoms with Gasteiger partial charge >= 0.3 is 0 Å². The fourth-order valence-electron chi connectivity index (χ4n) is 2.27. The lowest BCUT2D eigenvalue weighted by Gasteiger charge is -2.42. The molecule has 94 valence electrons. The highest BCUT2D eigenvalue weighted by atomic mass is 16.5. The number of rotatable bonds is 8. The zero-order chi connectivity index (χ0) is 11.4. The molecule has 0 aliphatic heterocycles. The Morgan fingerprint density at radius 3 is 2.56 bits per heavy atom. The van der Waals surface area contributed by atoms with Crippen LogP contribution in [0.3, 0.4) is 0 Å². The van der Waals surface area contributed by atoms with Crippen molar-refractivity contribution in [2.75, 3.05) is 33.8 Å². The molecule has 0 radical (unpaired) electrons. The Morgan fingerprint density at radius 2 is 2.06 bits per heavy atom. The highest BCUT2D eigenvalue weighted by molar-refractivity contribution is 4.91. The summed E-state index contributed by atoms with van der Waals surface area (Å²) in [4.78, 5) is 2.19. The zero-order valence-electron chi connectivity index (χ0n) is 10.8. The molecule has 0 heterocycles. The van der Waals surface area contributed by atoms with Crippen LogP contribution in [0.15, 0.2) is 0 Å². The zero-order valence-corrected chi connectivity index (χ0v) is 10.8. The van der Waals surface area contributed by atoms with Crippen molar-refractivity contribution in [3.8, 4) is 0 Å². The largest absolute Gasteiger partial charge is 0.374 e. The molecular formula is C13H26N2O. The van der Waals surface area contributed by atoms with Crippen LogP contribution in [0, 0.1) is 0 Å². The number of nitrogens with one attached hydrogen (secondary N) is 1. The number of nitrogens with zero attached hydrogens (tertiary/aromatic N) is 1. The van der Waals surface area contributed by atoms with Gasteiger partial charge in [0, 0.05) is 12.6 Å². The summed E-state index contributed by atoms with van der Waals surface area (Å²) < 4.78 is 6.10. The molecule has 0 unspecified atom stereocenters. The summed E-state index contributed by atoms with van der Waals surface area (Å²) >= 11 is 0. The lowest BCUT2D eigenvalue weighted by Crippen LogP contribution is -2.44. The molecule has 2 rings (SSSR count). The summed E-state index contributed by atoms with van der Waals surface area (Å²) in [5.74, 6) is 0. The van der Waals surface area contributed by atoms with Gasteiger partial charge in [0.1, 0.15) is 0 Å². The first-order valence-corrected chi connectivity index (χ1v) is 6.72. The Morgan fingerprint density at radius 1 is 1.31 bits per heavy atom. The molecule has 0 aromatic heterocycles. The van der Waals surface area contributed by atoms with E-state index in [2.05, 4.69) is 24.3 Å². The average Bonchev–Trinajstić information content (AvgIpc) is 2.96. The van der Waals surface area contributed by atoms with Crippen LogP contribution in [0.25, 0.3) is 0 Å². The fourth-order valence-corrected chi connectivity index (χ4v) is 2.27. The maximum atomic E-state index is 6.10. The topological polar surface area (TPSA) is 24.5 Å². The third-order valence-corrected chi connectivity index (χ3v) is 3.80. The van der Waals surface area contributed by atoms with Gasteiger partial charge in [-0.3, -0.25) is 0 Å². The number of likely N-dealkylation sites (N-methyl/N-ethyl adjacent to an activating group) is 1. The van der Waals surface area contributed by atoms with Crippen molar-refractivity contribution < 1.29 is 4.74 Å². The molecule has 0 atom stereocenters. The summed E-state index contributed by atoms with van der Waals surface area (Å²) in [7, 11) is 4.21. The Kier molecular flexibility index (Phi) is 4.22. The molecule has 16 heavy (non-hydrogen) atoms. The van der Waals surface area contributed by atoms with Gasteiger partial charge in [0.05, 0.1) is 12.2 Å². The van der Waals surface area contributed by atoms with E-state index < -0.39 is 0 Å². The van der Waals surface area contributed by atoms with Gasteiger partial charge in [0.2, 0.25) is 0 Å². The van der Waals surface area contributed by atoms with E-state index in [1.165, 1.54) is 38.5 Å². The molecule has 0 spiro atoms. The predicted octanol–water partition coefficient (Wildman–Crippen LogP) is 1.63. The van der Waals surface area contributed by atoms with Gasteiger partial charge in [-0.05, 0) is 59.2 Å². The summed E-state index contributed by atoms with van der Waals surface area (Å²) in [6.45, 7) is 3.07. The Balaban J connectivity index is 1.60. The van der Waals surface area contributed by atoms with Crippen molar-refractivity contribution in [2.24, 2.45) is 0 Å². The molecule has 2 aliphatic rings. The molecule has 0 aromatic rings. The first-order chi connectivity index (χ1) is 7.70. The second-order valence-electron chi connectivity index (χ2n) is 5.67. The fraction of sp³-hybridized carbons (Fsp3) is 1.00. The third-order valence-electron chi connectivity index (χ3n) is 3.80. The Bertz CT molecular complexity index is 200.